The average molecular weight is 578 g/mol. The van der Waals surface area contributed by atoms with Crippen molar-refractivity contribution in [2.75, 3.05) is 19.0 Å². The third kappa shape index (κ3) is 6.66. The normalized spacial score (nSPS) is 14.2. The molecule has 1 amide bonds. The molecule has 0 bridgehead atoms. The zero-order chi connectivity index (χ0) is 29.9. The highest BCUT2D eigenvalue weighted by Gasteiger charge is 2.36. The van der Waals surface area contributed by atoms with E-state index in [4.69, 9.17) is 10.5 Å². The van der Waals surface area contributed by atoms with Crippen molar-refractivity contribution in [2.45, 2.75) is 51.0 Å². The number of nitrogens with two attached hydrogens (primary N) is 1. The SMILES string of the molecule is CCCOc1ccc(C(c2cccc(NC(=O)c3cc(C(F)(F)F)nn3-c3cccc(CN)c3)c2)N(C)C2CC2)cc1. The Labute approximate surface area is 243 Å². The lowest BCUT2D eigenvalue weighted by Gasteiger charge is -2.29. The van der Waals surface area contributed by atoms with E-state index in [9.17, 15) is 18.0 Å². The number of carbonyl (C=O) groups excluding carboxylic acids is 1. The summed E-state index contributed by atoms with van der Waals surface area (Å²) < 4.78 is 47.6. The molecule has 0 radical (unpaired) electrons. The number of aromatic nitrogens is 2. The summed E-state index contributed by atoms with van der Waals surface area (Å²) in [6.45, 7) is 2.90. The van der Waals surface area contributed by atoms with Gasteiger partial charge in [-0.05, 0) is 79.4 Å². The van der Waals surface area contributed by atoms with Gasteiger partial charge in [0.25, 0.3) is 5.91 Å². The van der Waals surface area contributed by atoms with Gasteiger partial charge in [-0.2, -0.15) is 18.3 Å². The van der Waals surface area contributed by atoms with Crippen molar-refractivity contribution in [2.24, 2.45) is 5.73 Å². The van der Waals surface area contributed by atoms with Crippen molar-refractivity contribution in [1.29, 1.82) is 0 Å². The number of carbonyl (C=O) groups is 1. The van der Waals surface area contributed by atoms with E-state index in [0.29, 0.717) is 29.6 Å². The molecule has 1 unspecified atom stereocenters. The fourth-order valence-electron chi connectivity index (χ4n) is 5.00. The van der Waals surface area contributed by atoms with Crippen molar-refractivity contribution in [1.82, 2.24) is 14.7 Å². The summed E-state index contributed by atoms with van der Waals surface area (Å²) in [5, 5.41) is 6.52. The second-order valence-electron chi connectivity index (χ2n) is 10.5. The Morgan fingerprint density at radius 2 is 1.81 bits per heavy atom. The summed E-state index contributed by atoms with van der Waals surface area (Å²) in [6.07, 6.45) is -1.58. The van der Waals surface area contributed by atoms with Crippen LogP contribution in [0.25, 0.3) is 5.69 Å². The molecule has 1 heterocycles. The predicted molar refractivity (Wildman–Crippen MR) is 156 cm³/mol. The van der Waals surface area contributed by atoms with Crippen LogP contribution in [-0.2, 0) is 12.7 Å². The number of ether oxygens (including phenoxy) is 1. The second-order valence-corrected chi connectivity index (χ2v) is 10.5. The standard InChI is InChI=1S/C32H34F3N5O2/c1-3-16-42-27-14-10-22(11-15-27)30(39(2)25-12-13-25)23-7-5-8-24(18-23)37-31(41)28-19-29(32(33,34)35)38-40(28)26-9-4-6-21(17-26)20-36/h4-11,14-15,17-19,25,30H,3,12-13,16,20,36H2,1-2H3,(H,37,41). The number of rotatable bonds is 11. The van der Waals surface area contributed by atoms with E-state index in [1.165, 1.54) is 0 Å². The molecule has 1 fully saturated rings. The van der Waals surface area contributed by atoms with Crippen LogP contribution in [0.4, 0.5) is 18.9 Å². The number of anilines is 1. The van der Waals surface area contributed by atoms with Crippen LogP contribution in [0.1, 0.15) is 65.1 Å². The number of alkyl halides is 3. The molecule has 3 aromatic carbocycles. The molecule has 1 saturated carbocycles. The largest absolute Gasteiger partial charge is 0.494 e. The van der Waals surface area contributed by atoms with Gasteiger partial charge in [-0.25, -0.2) is 4.68 Å². The van der Waals surface area contributed by atoms with Gasteiger partial charge in [-0.1, -0.05) is 43.3 Å². The summed E-state index contributed by atoms with van der Waals surface area (Å²) in [5.41, 5.74) is 7.83. The molecule has 0 spiro atoms. The highest BCUT2D eigenvalue weighted by molar-refractivity contribution is 6.03. The van der Waals surface area contributed by atoms with Crippen LogP contribution in [0.2, 0.25) is 0 Å². The maximum Gasteiger partial charge on any atom is 0.435 e. The van der Waals surface area contributed by atoms with E-state index in [0.717, 1.165) is 46.9 Å². The summed E-state index contributed by atoms with van der Waals surface area (Å²) in [6, 6.07) is 23.2. The van der Waals surface area contributed by atoms with Crippen LogP contribution in [0.5, 0.6) is 5.75 Å². The number of amides is 1. The van der Waals surface area contributed by atoms with Gasteiger partial charge in [0.2, 0.25) is 0 Å². The second kappa shape index (κ2) is 12.4. The van der Waals surface area contributed by atoms with Gasteiger partial charge in [0.1, 0.15) is 11.4 Å². The minimum Gasteiger partial charge on any atom is -0.494 e. The molecule has 1 aromatic heterocycles. The van der Waals surface area contributed by atoms with E-state index in [1.807, 2.05) is 42.5 Å². The van der Waals surface area contributed by atoms with E-state index < -0.39 is 17.8 Å². The maximum absolute atomic E-state index is 13.6. The van der Waals surface area contributed by atoms with Gasteiger partial charge >= 0.3 is 6.18 Å². The van der Waals surface area contributed by atoms with Crippen LogP contribution in [0, 0.1) is 0 Å². The number of benzene rings is 3. The predicted octanol–water partition coefficient (Wildman–Crippen LogP) is 6.57. The molecule has 0 aliphatic heterocycles. The van der Waals surface area contributed by atoms with Gasteiger partial charge in [-0.15, -0.1) is 0 Å². The van der Waals surface area contributed by atoms with Crippen LogP contribution in [0.3, 0.4) is 0 Å². The first-order chi connectivity index (χ1) is 20.2. The Hall–Kier alpha value is -4.15. The monoisotopic (exact) mass is 577 g/mol. The molecular weight excluding hydrogens is 543 g/mol. The lowest BCUT2D eigenvalue weighted by molar-refractivity contribution is -0.141. The lowest BCUT2D eigenvalue weighted by atomic mass is 9.96. The van der Waals surface area contributed by atoms with Gasteiger partial charge in [-0.3, -0.25) is 9.69 Å². The third-order valence-corrected chi connectivity index (χ3v) is 7.28. The van der Waals surface area contributed by atoms with E-state index >= 15 is 0 Å². The molecule has 42 heavy (non-hydrogen) atoms. The Morgan fingerprint density at radius 3 is 2.48 bits per heavy atom. The smallest absolute Gasteiger partial charge is 0.435 e. The zero-order valence-corrected chi connectivity index (χ0v) is 23.6. The first kappa shape index (κ1) is 29.3. The average Bonchev–Trinajstić information content (AvgIpc) is 3.73. The van der Waals surface area contributed by atoms with Crippen LogP contribution < -0.4 is 15.8 Å². The highest BCUT2D eigenvalue weighted by Crippen LogP contribution is 2.38. The van der Waals surface area contributed by atoms with E-state index in [-0.39, 0.29) is 18.3 Å². The number of hydrogen-bond acceptors (Lipinski definition) is 5. The molecule has 220 valence electrons. The lowest BCUT2D eigenvalue weighted by Crippen LogP contribution is -2.27. The molecular formula is C32H34F3N5O2. The van der Waals surface area contributed by atoms with Crippen molar-refractivity contribution < 1.29 is 22.7 Å². The Kier molecular flexibility index (Phi) is 8.65. The fourth-order valence-corrected chi connectivity index (χ4v) is 5.00. The Balaban J connectivity index is 1.45. The highest BCUT2D eigenvalue weighted by atomic mass is 19.4. The minimum atomic E-state index is -4.72. The molecule has 7 nitrogen and oxygen atoms in total. The van der Waals surface area contributed by atoms with Crippen molar-refractivity contribution >= 4 is 11.6 Å². The van der Waals surface area contributed by atoms with Gasteiger partial charge in [0, 0.05) is 24.3 Å². The van der Waals surface area contributed by atoms with Crippen LogP contribution in [-0.4, -0.2) is 40.3 Å². The number of hydrogen-bond donors (Lipinski definition) is 2. The summed E-state index contributed by atoms with van der Waals surface area (Å²) in [7, 11) is 2.09. The first-order valence-electron chi connectivity index (χ1n) is 14.0. The van der Waals surface area contributed by atoms with Crippen LogP contribution >= 0.6 is 0 Å². The topological polar surface area (TPSA) is 85.4 Å². The Morgan fingerprint density at radius 1 is 1.07 bits per heavy atom. The van der Waals surface area contributed by atoms with Crippen LogP contribution in [0.15, 0.2) is 78.9 Å². The minimum absolute atomic E-state index is 0.0871. The quantitative estimate of drug-likeness (QED) is 0.211. The maximum atomic E-state index is 13.6. The molecule has 0 saturated heterocycles. The molecule has 1 aliphatic rings. The number of nitrogens with zero attached hydrogens (tertiary/aromatic N) is 3. The molecule has 10 heteroatoms. The summed E-state index contributed by atoms with van der Waals surface area (Å²) in [4.78, 5) is 15.8. The van der Waals surface area contributed by atoms with Crippen molar-refractivity contribution in [3.63, 3.8) is 0 Å². The zero-order valence-electron chi connectivity index (χ0n) is 23.6. The molecule has 1 atom stereocenters. The summed E-state index contributed by atoms with van der Waals surface area (Å²) in [5.74, 6) is 0.0964. The van der Waals surface area contributed by atoms with E-state index in [2.05, 4.69) is 29.3 Å². The van der Waals surface area contributed by atoms with Crippen molar-refractivity contribution in [3.8, 4) is 11.4 Å². The summed E-state index contributed by atoms with van der Waals surface area (Å²) >= 11 is 0. The number of nitrogens with one attached hydrogen (secondary N) is 1. The Bertz CT molecular complexity index is 1530. The molecule has 5 rings (SSSR count). The third-order valence-electron chi connectivity index (χ3n) is 7.28. The van der Waals surface area contributed by atoms with E-state index in [1.54, 1.807) is 30.3 Å². The fraction of sp³-hybridized carbons (Fsp3) is 0.312. The molecule has 1 aliphatic carbocycles. The molecule has 4 aromatic rings. The molecule has 3 N–H and O–H groups in total. The van der Waals surface area contributed by atoms with Gasteiger partial charge in [0.05, 0.1) is 18.3 Å². The first-order valence-corrected chi connectivity index (χ1v) is 14.0. The van der Waals surface area contributed by atoms with Gasteiger partial charge in [0.15, 0.2) is 5.69 Å². The number of halogens is 3. The van der Waals surface area contributed by atoms with Gasteiger partial charge < -0.3 is 15.8 Å². The van der Waals surface area contributed by atoms with Crippen molar-refractivity contribution in [3.05, 3.63) is 107 Å².